The van der Waals surface area contributed by atoms with Crippen LogP contribution in [0.4, 0.5) is 11.4 Å². The zero-order chi connectivity index (χ0) is 21.1. The third-order valence-corrected chi connectivity index (χ3v) is 5.33. The lowest BCUT2D eigenvalue weighted by molar-refractivity contribution is -0.384. The number of nitrogens with one attached hydrogen (secondary N) is 1. The molecule has 2 fully saturated rings. The summed E-state index contributed by atoms with van der Waals surface area (Å²) in [5.41, 5.74) is -0.118. The number of hydrogen-bond acceptors (Lipinski definition) is 7. The third-order valence-electron chi connectivity index (χ3n) is 5.02. The van der Waals surface area contributed by atoms with Crippen molar-refractivity contribution in [2.45, 2.75) is 25.7 Å². The molecule has 2 atom stereocenters. The highest BCUT2D eigenvalue weighted by Crippen LogP contribution is 2.37. The molecule has 0 bridgehead atoms. The van der Waals surface area contributed by atoms with Crippen LogP contribution in [0.3, 0.4) is 0 Å². The minimum Gasteiger partial charge on any atom is -0.454 e. The zero-order valence-electron chi connectivity index (χ0n) is 15.3. The van der Waals surface area contributed by atoms with E-state index in [4.69, 9.17) is 16.3 Å². The molecule has 1 saturated heterocycles. The number of benzene rings is 1. The van der Waals surface area contributed by atoms with Crippen molar-refractivity contribution in [1.82, 2.24) is 4.90 Å². The molecule has 11 heteroatoms. The van der Waals surface area contributed by atoms with Crippen molar-refractivity contribution in [3.63, 3.8) is 0 Å². The molecule has 1 heterocycles. The summed E-state index contributed by atoms with van der Waals surface area (Å²) in [6, 6.07) is 3.49. The molecule has 0 spiro atoms. The quantitative estimate of drug-likeness (QED) is 0.319. The Labute approximate surface area is 170 Å². The lowest BCUT2D eigenvalue weighted by Gasteiger charge is -2.19. The number of anilines is 1. The molecule has 1 saturated carbocycles. The Balaban J connectivity index is 1.50. The summed E-state index contributed by atoms with van der Waals surface area (Å²) in [6.07, 6.45) is 3.03. The van der Waals surface area contributed by atoms with Gasteiger partial charge in [-0.3, -0.25) is 34.2 Å². The van der Waals surface area contributed by atoms with Crippen molar-refractivity contribution >= 4 is 46.7 Å². The number of nitro benzene ring substituents is 1. The van der Waals surface area contributed by atoms with E-state index in [2.05, 4.69) is 5.32 Å². The lowest BCUT2D eigenvalue weighted by Crippen LogP contribution is -2.37. The van der Waals surface area contributed by atoms with Gasteiger partial charge in [-0.05, 0) is 18.9 Å². The summed E-state index contributed by atoms with van der Waals surface area (Å²) in [4.78, 5) is 59.6. The van der Waals surface area contributed by atoms with Crippen molar-refractivity contribution in [3.8, 4) is 0 Å². The van der Waals surface area contributed by atoms with Gasteiger partial charge < -0.3 is 10.1 Å². The van der Waals surface area contributed by atoms with E-state index in [1.165, 1.54) is 6.07 Å². The van der Waals surface area contributed by atoms with E-state index in [0.29, 0.717) is 12.8 Å². The monoisotopic (exact) mass is 423 g/mol. The maximum atomic E-state index is 12.3. The van der Waals surface area contributed by atoms with Crippen molar-refractivity contribution in [3.05, 3.63) is 33.3 Å². The number of carbonyl (C=O) groups excluding carboxylic acids is 4. The zero-order valence-corrected chi connectivity index (χ0v) is 16.0. The normalized spacial score (nSPS) is 20.9. The predicted octanol–water partition coefficient (Wildman–Crippen LogP) is 1.91. The van der Waals surface area contributed by atoms with Gasteiger partial charge in [0, 0.05) is 12.1 Å². The molecule has 10 nitrogen and oxygen atoms in total. The van der Waals surface area contributed by atoms with E-state index in [9.17, 15) is 29.3 Å². The molecule has 1 aromatic carbocycles. The first kappa shape index (κ1) is 20.7. The van der Waals surface area contributed by atoms with Crippen LogP contribution in [0.2, 0.25) is 5.02 Å². The van der Waals surface area contributed by atoms with Crippen molar-refractivity contribution in [2.24, 2.45) is 11.8 Å². The van der Waals surface area contributed by atoms with Gasteiger partial charge in [0.1, 0.15) is 6.54 Å². The van der Waals surface area contributed by atoms with Gasteiger partial charge in [0.2, 0.25) is 11.8 Å². The number of imide groups is 1. The lowest BCUT2D eigenvalue weighted by atomic mass is 9.81. The van der Waals surface area contributed by atoms with Crippen LogP contribution < -0.4 is 5.32 Å². The van der Waals surface area contributed by atoms with Crippen LogP contribution in [0.15, 0.2) is 18.2 Å². The number of rotatable bonds is 6. The van der Waals surface area contributed by atoms with Crippen LogP contribution >= 0.6 is 11.6 Å². The van der Waals surface area contributed by atoms with E-state index in [1.807, 2.05) is 0 Å². The standard InChI is InChI=1S/C18H18ClN3O7/c19-13-7-10(22(27)28)5-6-14(13)20-15(23)9-29-16(24)8-21-17(25)11-3-1-2-4-12(11)18(21)26/h5-7,11-12H,1-4,8-9H2,(H,20,23). The van der Waals surface area contributed by atoms with Crippen LogP contribution in [0, 0.1) is 22.0 Å². The molecule has 2 aliphatic rings. The SMILES string of the molecule is O=C(COC(=O)CN1C(=O)C2CCCCC2C1=O)Nc1ccc([N+](=O)[O-])cc1Cl. The number of likely N-dealkylation sites (tertiary alicyclic amines) is 1. The molecule has 0 aromatic heterocycles. The maximum Gasteiger partial charge on any atom is 0.326 e. The molecule has 29 heavy (non-hydrogen) atoms. The summed E-state index contributed by atoms with van der Waals surface area (Å²) in [5, 5.41) is 13.0. The Kier molecular flexibility index (Phi) is 6.12. The van der Waals surface area contributed by atoms with Crippen molar-refractivity contribution < 1.29 is 28.8 Å². The Morgan fingerprint density at radius 1 is 1.21 bits per heavy atom. The summed E-state index contributed by atoms with van der Waals surface area (Å²) in [7, 11) is 0. The second-order valence-corrected chi connectivity index (χ2v) is 7.30. The average Bonchev–Trinajstić information content (AvgIpc) is 2.93. The number of ether oxygens (including phenoxy) is 1. The van der Waals surface area contributed by atoms with Gasteiger partial charge in [0.25, 0.3) is 11.6 Å². The highest BCUT2D eigenvalue weighted by Gasteiger charge is 2.48. The summed E-state index contributed by atoms with van der Waals surface area (Å²) < 4.78 is 4.84. The number of non-ortho nitro benzene ring substituents is 1. The van der Waals surface area contributed by atoms with Gasteiger partial charge in [-0.25, -0.2) is 0 Å². The van der Waals surface area contributed by atoms with Gasteiger partial charge in [-0.1, -0.05) is 24.4 Å². The van der Waals surface area contributed by atoms with Crippen molar-refractivity contribution in [1.29, 1.82) is 0 Å². The predicted molar refractivity (Wildman–Crippen MR) is 99.9 cm³/mol. The fourth-order valence-electron chi connectivity index (χ4n) is 3.61. The van der Waals surface area contributed by atoms with Crippen LogP contribution in [-0.4, -0.2) is 46.7 Å². The first-order valence-corrected chi connectivity index (χ1v) is 9.40. The number of amides is 3. The van der Waals surface area contributed by atoms with E-state index in [0.717, 1.165) is 29.9 Å². The van der Waals surface area contributed by atoms with E-state index < -0.39 is 30.0 Å². The van der Waals surface area contributed by atoms with Gasteiger partial charge in [0.05, 0.1) is 27.5 Å². The molecule has 1 N–H and O–H groups in total. The second kappa shape index (κ2) is 8.56. The maximum absolute atomic E-state index is 12.3. The highest BCUT2D eigenvalue weighted by molar-refractivity contribution is 6.34. The smallest absolute Gasteiger partial charge is 0.326 e. The largest absolute Gasteiger partial charge is 0.454 e. The number of nitrogens with zero attached hydrogens (tertiary/aromatic N) is 2. The first-order valence-electron chi connectivity index (χ1n) is 9.02. The third kappa shape index (κ3) is 4.53. The summed E-state index contributed by atoms with van der Waals surface area (Å²) in [5.74, 6) is -3.05. The van der Waals surface area contributed by atoms with E-state index >= 15 is 0 Å². The molecule has 1 aliphatic carbocycles. The second-order valence-electron chi connectivity index (χ2n) is 6.89. The Hall–Kier alpha value is -3.01. The Morgan fingerprint density at radius 2 is 1.83 bits per heavy atom. The molecule has 2 unspecified atom stereocenters. The number of fused-ring (bicyclic) bond motifs is 1. The fraction of sp³-hybridized carbons (Fsp3) is 0.444. The van der Waals surface area contributed by atoms with Crippen LogP contribution in [-0.2, 0) is 23.9 Å². The minimum absolute atomic E-state index is 0.0465. The minimum atomic E-state index is -0.879. The number of nitro groups is 1. The summed E-state index contributed by atoms with van der Waals surface area (Å²) >= 11 is 5.88. The number of hydrogen-bond donors (Lipinski definition) is 1. The summed E-state index contributed by atoms with van der Waals surface area (Å²) in [6.45, 7) is -1.19. The Bertz CT molecular complexity index is 864. The molecule has 1 aromatic rings. The molecule has 1 aliphatic heterocycles. The molecule has 154 valence electrons. The fourth-order valence-corrected chi connectivity index (χ4v) is 3.83. The average molecular weight is 424 g/mol. The number of carbonyl (C=O) groups is 4. The number of halogens is 1. The van der Waals surface area contributed by atoms with Gasteiger partial charge >= 0.3 is 5.97 Å². The van der Waals surface area contributed by atoms with Gasteiger partial charge in [-0.15, -0.1) is 0 Å². The van der Waals surface area contributed by atoms with E-state index in [-0.39, 0.29) is 40.0 Å². The topological polar surface area (TPSA) is 136 Å². The highest BCUT2D eigenvalue weighted by atomic mass is 35.5. The van der Waals surface area contributed by atoms with Crippen LogP contribution in [0.5, 0.6) is 0 Å². The Morgan fingerprint density at radius 3 is 2.38 bits per heavy atom. The van der Waals surface area contributed by atoms with Crippen LogP contribution in [0.25, 0.3) is 0 Å². The number of esters is 1. The molecular weight excluding hydrogens is 406 g/mol. The van der Waals surface area contributed by atoms with Crippen LogP contribution in [0.1, 0.15) is 25.7 Å². The molecule has 3 rings (SSSR count). The van der Waals surface area contributed by atoms with Gasteiger partial charge in [-0.2, -0.15) is 0 Å². The first-order chi connectivity index (χ1) is 13.8. The van der Waals surface area contributed by atoms with Gasteiger partial charge in [0.15, 0.2) is 6.61 Å². The molecular formula is C18H18ClN3O7. The molecule has 0 radical (unpaired) electrons. The van der Waals surface area contributed by atoms with E-state index in [1.54, 1.807) is 0 Å². The molecule has 3 amide bonds. The van der Waals surface area contributed by atoms with Crippen molar-refractivity contribution in [2.75, 3.05) is 18.5 Å².